The van der Waals surface area contributed by atoms with E-state index in [1.807, 2.05) is 24.3 Å². The summed E-state index contributed by atoms with van der Waals surface area (Å²) in [7, 11) is -2.02. The van der Waals surface area contributed by atoms with Gasteiger partial charge in [0.15, 0.2) is 5.82 Å². The molecule has 2 saturated heterocycles. The molecule has 0 spiro atoms. The Bertz CT molecular complexity index is 1130. The van der Waals surface area contributed by atoms with E-state index in [0.29, 0.717) is 18.2 Å². The van der Waals surface area contributed by atoms with Gasteiger partial charge in [-0.2, -0.15) is 0 Å². The van der Waals surface area contributed by atoms with Gasteiger partial charge < -0.3 is 14.2 Å². The molecule has 0 saturated carbocycles. The van der Waals surface area contributed by atoms with Gasteiger partial charge in [-0.25, -0.2) is 17.8 Å². The van der Waals surface area contributed by atoms with Gasteiger partial charge in [0.1, 0.15) is 28.2 Å². The summed E-state index contributed by atoms with van der Waals surface area (Å²) in [4.78, 5) is 0. The molecule has 1 aromatic carbocycles. The first-order valence-corrected chi connectivity index (χ1v) is 11.6. The minimum absolute atomic E-state index is 0.215. The summed E-state index contributed by atoms with van der Waals surface area (Å²) >= 11 is 1.17. The molecule has 1 N–H and O–H groups in total. The van der Waals surface area contributed by atoms with Gasteiger partial charge in [0.05, 0.1) is 26.4 Å². The minimum atomic E-state index is -3.62. The normalized spacial score (nSPS) is 26.0. The molecule has 2 aliphatic heterocycles. The molecular formula is C18H19N5O5S2. The molecule has 30 heavy (non-hydrogen) atoms. The second-order valence-corrected chi connectivity index (χ2v) is 9.89. The topological polar surface area (TPSA) is 117 Å². The van der Waals surface area contributed by atoms with E-state index in [4.69, 9.17) is 14.2 Å². The van der Waals surface area contributed by atoms with Crippen LogP contribution in [0.25, 0.3) is 11.4 Å². The molecule has 2 fully saturated rings. The zero-order chi connectivity index (χ0) is 20.7. The van der Waals surface area contributed by atoms with Crippen LogP contribution in [-0.4, -0.2) is 67.2 Å². The number of rotatable bonds is 6. The number of nitrogens with one attached hydrogen (secondary N) is 1. The molecule has 0 bridgehead atoms. The van der Waals surface area contributed by atoms with Crippen molar-refractivity contribution in [3.05, 3.63) is 41.8 Å². The van der Waals surface area contributed by atoms with Gasteiger partial charge in [-0.1, -0.05) is 18.2 Å². The SMILES string of the molecule is COc1cccc(-c2nnnn2C2COC3C(NS(=O)(=O)c4cccs4)COC32)c1. The van der Waals surface area contributed by atoms with E-state index >= 15 is 0 Å². The first-order chi connectivity index (χ1) is 14.6. The van der Waals surface area contributed by atoms with Crippen LogP contribution in [0.4, 0.5) is 0 Å². The zero-order valence-corrected chi connectivity index (χ0v) is 17.5. The van der Waals surface area contributed by atoms with Gasteiger partial charge in [-0.15, -0.1) is 16.4 Å². The van der Waals surface area contributed by atoms with Gasteiger partial charge in [-0.3, -0.25) is 0 Å². The molecule has 158 valence electrons. The molecule has 5 rings (SSSR count). The van der Waals surface area contributed by atoms with E-state index in [0.717, 1.165) is 5.56 Å². The van der Waals surface area contributed by atoms with Crippen molar-refractivity contribution in [1.82, 2.24) is 24.9 Å². The number of benzene rings is 1. The average molecular weight is 450 g/mol. The number of hydrogen-bond donors (Lipinski definition) is 1. The molecule has 10 nitrogen and oxygen atoms in total. The van der Waals surface area contributed by atoms with Crippen LogP contribution in [-0.2, 0) is 19.5 Å². The first kappa shape index (κ1) is 19.6. The second kappa shape index (κ2) is 7.71. The van der Waals surface area contributed by atoms with Crippen molar-refractivity contribution in [1.29, 1.82) is 0 Å². The monoisotopic (exact) mass is 449 g/mol. The summed E-state index contributed by atoms with van der Waals surface area (Å²) in [5.41, 5.74) is 0.802. The van der Waals surface area contributed by atoms with E-state index < -0.39 is 22.2 Å². The molecule has 4 heterocycles. The van der Waals surface area contributed by atoms with Crippen molar-refractivity contribution in [2.75, 3.05) is 20.3 Å². The van der Waals surface area contributed by atoms with Gasteiger partial charge in [0.25, 0.3) is 0 Å². The van der Waals surface area contributed by atoms with Crippen LogP contribution < -0.4 is 9.46 Å². The number of tetrazole rings is 1. The number of nitrogens with zero attached hydrogens (tertiary/aromatic N) is 4. The van der Waals surface area contributed by atoms with Crippen LogP contribution in [0.15, 0.2) is 46.0 Å². The lowest BCUT2D eigenvalue weighted by Gasteiger charge is -2.18. The summed E-state index contributed by atoms with van der Waals surface area (Å²) in [5.74, 6) is 1.26. The standard InChI is InChI=1S/C18H19N5O5S2/c1-26-12-5-2-4-11(8-12)18-19-21-22-23(18)14-10-28-16-13(9-27-17(14)16)20-30(24,25)15-6-3-7-29-15/h2-8,13-14,16-17,20H,9-10H2,1H3. The molecule has 2 aromatic heterocycles. The Labute approximate surface area is 176 Å². The predicted molar refractivity (Wildman–Crippen MR) is 107 cm³/mol. The van der Waals surface area contributed by atoms with Crippen LogP contribution in [0.3, 0.4) is 0 Å². The maximum atomic E-state index is 12.6. The minimum Gasteiger partial charge on any atom is -0.497 e. The third-order valence-electron chi connectivity index (χ3n) is 5.23. The number of thiophene rings is 1. The van der Waals surface area contributed by atoms with Crippen LogP contribution in [0.1, 0.15) is 6.04 Å². The fourth-order valence-corrected chi connectivity index (χ4v) is 6.07. The Kier molecular flexibility index (Phi) is 5.03. The molecule has 4 atom stereocenters. The van der Waals surface area contributed by atoms with E-state index in [1.165, 1.54) is 11.3 Å². The Balaban J connectivity index is 1.37. The number of methoxy groups -OCH3 is 1. The Morgan fingerprint density at radius 1 is 1.20 bits per heavy atom. The van der Waals surface area contributed by atoms with Crippen LogP contribution in [0.2, 0.25) is 0 Å². The zero-order valence-electron chi connectivity index (χ0n) is 15.9. The van der Waals surface area contributed by atoms with Crippen molar-refractivity contribution >= 4 is 21.4 Å². The Morgan fingerprint density at radius 2 is 2.07 bits per heavy atom. The number of hydrogen-bond acceptors (Lipinski definition) is 9. The van der Waals surface area contributed by atoms with Gasteiger partial charge in [-0.05, 0) is 34.0 Å². The number of aromatic nitrogens is 4. The molecule has 3 aromatic rings. The number of fused-ring (bicyclic) bond motifs is 1. The molecular weight excluding hydrogens is 430 g/mol. The highest BCUT2D eigenvalue weighted by Gasteiger charge is 2.50. The second-order valence-electron chi connectivity index (χ2n) is 7.00. The number of sulfonamides is 1. The quantitative estimate of drug-likeness (QED) is 0.594. The lowest BCUT2D eigenvalue weighted by molar-refractivity contribution is 0.0626. The third kappa shape index (κ3) is 3.40. The van der Waals surface area contributed by atoms with Crippen molar-refractivity contribution in [3.8, 4) is 17.1 Å². The fourth-order valence-electron chi connectivity index (χ4n) is 3.83. The molecule has 12 heteroatoms. The maximum Gasteiger partial charge on any atom is 0.250 e. The maximum absolute atomic E-state index is 12.6. The van der Waals surface area contributed by atoms with E-state index in [-0.39, 0.29) is 23.0 Å². The average Bonchev–Trinajstić information content (AvgIpc) is 3.52. The molecule has 0 amide bonds. The molecule has 4 unspecified atom stereocenters. The van der Waals surface area contributed by atoms with Gasteiger partial charge >= 0.3 is 0 Å². The van der Waals surface area contributed by atoms with Crippen molar-refractivity contribution in [2.45, 2.75) is 28.5 Å². The summed E-state index contributed by atoms with van der Waals surface area (Å²) in [6.07, 6.45) is -0.791. The van der Waals surface area contributed by atoms with Crippen molar-refractivity contribution in [3.63, 3.8) is 0 Å². The lowest BCUT2D eigenvalue weighted by atomic mass is 10.1. The smallest absolute Gasteiger partial charge is 0.250 e. The Hall–Kier alpha value is -2.38. The van der Waals surface area contributed by atoms with E-state index in [9.17, 15) is 8.42 Å². The highest BCUT2D eigenvalue weighted by Crippen LogP contribution is 2.36. The van der Waals surface area contributed by atoms with Gasteiger partial charge in [0, 0.05) is 5.56 Å². The van der Waals surface area contributed by atoms with E-state index in [1.54, 1.807) is 29.3 Å². The summed E-state index contributed by atoms with van der Waals surface area (Å²) < 4.78 is 47.0. The lowest BCUT2D eigenvalue weighted by Crippen LogP contribution is -2.43. The van der Waals surface area contributed by atoms with Crippen LogP contribution in [0, 0.1) is 0 Å². The van der Waals surface area contributed by atoms with Crippen molar-refractivity contribution < 1.29 is 22.6 Å². The molecule has 0 aliphatic carbocycles. The van der Waals surface area contributed by atoms with Crippen molar-refractivity contribution in [2.24, 2.45) is 0 Å². The van der Waals surface area contributed by atoms with Gasteiger partial charge in [0.2, 0.25) is 10.0 Å². The predicted octanol–water partition coefficient (Wildman–Crippen LogP) is 1.10. The largest absolute Gasteiger partial charge is 0.497 e. The molecule has 0 radical (unpaired) electrons. The first-order valence-electron chi connectivity index (χ1n) is 9.28. The summed E-state index contributed by atoms with van der Waals surface area (Å²) in [6, 6.07) is 9.97. The van der Waals surface area contributed by atoms with Crippen LogP contribution >= 0.6 is 11.3 Å². The summed E-state index contributed by atoms with van der Waals surface area (Å²) in [6.45, 7) is 0.529. The summed E-state index contributed by atoms with van der Waals surface area (Å²) in [5, 5.41) is 13.9. The third-order valence-corrected chi connectivity index (χ3v) is 8.12. The fraction of sp³-hybridized carbons (Fsp3) is 0.389. The number of ether oxygens (including phenoxy) is 3. The van der Waals surface area contributed by atoms with Crippen LogP contribution in [0.5, 0.6) is 5.75 Å². The highest BCUT2D eigenvalue weighted by molar-refractivity contribution is 7.91. The molecule has 2 aliphatic rings. The van der Waals surface area contributed by atoms with E-state index in [2.05, 4.69) is 20.2 Å². The Morgan fingerprint density at radius 3 is 2.87 bits per heavy atom. The highest BCUT2D eigenvalue weighted by atomic mass is 32.2.